The smallest absolute Gasteiger partial charge is 0.132 e. The molecule has 0 fully saturated rings. The van der Waals surface area contributed by atoms with Crippen molar-refractivity contribution in [2.24, 2.45) is 0 Å². The highest BCUT2D eigenvalue weighted by molar-refractivity contribution is 5.82. The molecule has 0 saturated carbocycles. The molecule has 2 aromatic carbocycles. The third-order valence-corrected chi connectivity index (χ3v) is 3.86. The van der Waals surface area contributed by atoms with Gasteiger partial charge in [-0.25, -0.2) is 4.39 Å². The Bertz CT molecular complexity index is 777. The number of pyridine rings is 1. The van der Waals surface area contributed by atoms with Gasteiger partial charge in [-0.3, -0.25) is 9.88 Å². The summed E-state index contributed by atoms with van der Waals surface area (Å²) in [4.78, 5) is 6.47. The summed E-state index contributed by atoms with van der Waals surface area (Å²) >= 11 is 0. The van der Waals surface area contributed by atoms with Crippen molar-refractivity contribution in [1.29, 1.82) is 0 Å². The summed E-state index contributed by atoms with van der Waals surface area (Å²) in [6, 6.07) is 16.9. The Balaban J connectivity index is 1.87. The van der Waals surface area contributed by atoms with Crippen molar-refractivity contribution in [2.45, 2.75) is 13.1 Å². The Morgan fingerprint density at radius 1 is 0.957 bits per heavy atom. The summed E-state index contributed by atoms with van der Waals surface area (Å²) in [5.74, 6) is -0.256. The van der Waals surface area contributed by atoms with Crippen molar-refractivity contribution in [3.05, 3.63) is 77.7 Å². The van der Waals surface area contributed by atoms with E-state index in [2.05, 4.69) is 22.0 Å². The summed E-state index contributed by atoms with van der Waals surface area (Å²) in [5, 5.41) is 9.87. The number of nitrogens with zero attached hydrogens (tertiary/aromatic N) is 2. The minimum Gasteiger partial charge on any atom is -0.395 e. The first-order valence-corrected chi connectivity index (χ1v) is 7.67. The molecule has 0 saturated heterocycles. The van der Waals surface area contributed by atoms with Crippen molar-refractivity contribution in [3.8, 4) is 0 Å². The van der Waals surface area contributed by atoms with Crippen LogP contribution in [0.1, 0.15) is 11.1 Å². The molecule has 1 heterocycles. The molecule has 0 unspecified atom stereocenters. The third kappa shape index (κ3) is 3.73. The van der Waals surface area contributed by atoms with Gasteiger partial charge >= 0.3 is 0 Å². The van der Waals surface area contributed by atoms with Crippen molar-refractivity contribution in [2.75, 3.05) is 13.2 Å². The highest BCUT2D eigenvalue weighted by Gasteiger charge is 2.11. The minimum atomic E-state index is -0.256. The van der Waals surface area contributed by atoms with Crippen molar-refractivity contribution in [1.82, 2.24) is 9.88 Å². The van der Waals surface area contributed by atoms with Crippen LogP contribution < -0.4 is 0 Å². The molecule has 0 aliphatic rings. The van der Waals surface area contributed by atoms with Crippen LogP contribution in [0.3, 0.4) is 0 Å². The zero-order valence-corrected chi connectivity index (χ0v) is 12.8. The molecule has 3 nitrogen and oxygen atoms in total. The molecule has 23 heavy (non-hydrogen) atoms. The molecule has 0 aliphatic heterocycles. The molecule has 1 N–H and O–H groups in total. The Labute approximate surface area is 135 Å². The standard InChI is InChI=1S/C19H19FN2O/c20-18-9-8-16(19-17(18)7-4-10-21-19)14-22(11-12-23)13-15-5-2-1-3-6-15/h1-10,23H,11-14H2. The molecular formula is C19H19FN2O. The van der Waals surface area contributed by atoms with E-state index in [1.807, 2.05) is 18.2 Å². The molecular weight excluding hydrogens is 291 g/mol. The lowest BCUT2D eigenvalue weighted by Gasteiger charge is -2.22. The highest BCUT2D eigenvalue weighted by Crippen LogP contribution is 2.21. The maximum absolute atomic E-state index is 13.9. The summed E-state index contributed by atoms with van der Waals surface area (Å²) in [6.07, 6.45) is 1.68. The first-order valence-electron chi connectivity index (χ1n) is 7.67. The molecule has 3 rings (SSSR count). The SMILES string of the molecule is OCCN(Cc1ccccc1)Cc1ccc(F)c2cccnc12. The van der Waals surface area contributed by atoms with Crippen LogP contribution in [0.2, 0.25) is 0 Å². The van der Waals surface area contributed by atoms with Gasteiger partial charge in [0.2, 0.25) is 0 Å². The summed E-state index contributed by atoms with van der Waals surface area (Å²) in [7, 11) is 0. The van der Waals surface area contributed by atoms with Crippen LogP contribution in [0.4, 0.5) is 4.39 Å². The van der Waals surface area contributed by atoms with Crippen LogP contribution in [-0.2, 0) is 13.1 Å². The number of aliphatic hydroxyl groups excluding tert-OH is 1. The molecule has 0 bridgehead atoms. The fraction of sp³-hybridized carbons (Fsp3) is 0.211. The van der Waals surface area contributed by atoms with E-state index in [0.29, 0.717) is 24.0 Å². The fourth-order valence-corrected chi connectivity index (χ4v) is 2.76. The van der Waals surface area contributed by atoms with Crippen molar-refractivity contribution < 1.29 is 9.50 Å². The molecule has 0 atom stereocenters. The minimum absolute atomic E-state index is 0.0827. The third-order valence-electron chi connectivity index (χ3n) is 3.86. The Morgan fingerprint density at radius 3 is 2.57 bits per heavy atom. The predicted octanol–water partition coefficient (Wildman–Crippen LogP) is 3.37. The fourth-order valence-electron chi connectivity index (χ4n) is 2.76. The normalized spacial score (nSPS) is 11.3. The second kappa shape index (κ2) is 7.31. The summed E-state index contributed by atoms with van der Waals surface area (Å²) in [5.41, 5.74) is 2.83. The number of benzene rings is 2. The van der Waals surface area contributed by atoms with E-state index < -0.39 is 0 Å². The molecule has 118 valence electrons. The zero-order chi connectivity index (χ0) is 16.1. The quantitative estimate of drug-likeness (QED) is 0.758. The summed E-state index contributed by atoms with van der Waals surface area (Å²) in [6.45, 7) is 1.98. The second-order valence-corrected chi connectivity index (χ2v) is 5.53. The number of aliphatic hydroxyl groups is 1. The maximum atomic E-state index is 13.9. The monoisotopic (exact) mass is 310 g/mol. The van der Waals surface area contributed by atoms with Gasteiger partial charge in [-0.1, -0.05) is 36.4 Å². The van der Waals surface area contributed by atoms with Crippen LogP contribution in [0.25, 0.3) is 10.9 Å². The van der Waals surface area contributed by atoms with Gasteiger partial charge in [-0.05, 0) is 29.3 Å². The van der Waals surface area contributed by atoms with Gasteiger partial charge in [0, 0.05) is 31.2 Å². The van der Waals surface area contributed by atoms with Crippen LogP contribution in [0, 0.1) is 5.82 Å². The molecule has 0 radical (unpaired) electrons. The van der Waals surface area contributed by atoms with Gasteiger partial charge in [0.1, 0.15) is 5.82 Å². The van der Waals surface area contributed by atoms with Gasteiger partial charge < -0.3 is 5.11 Å². The highest BCUT2D eigenvalue weighted by atomic mass is 19.1. The lowest BCUT2D eigenvalue weighted by atomic mass is 10.1. The summed E-state index contributed by atoms with van der Waals surface area (Å²) < 4.78 is 13.9. The van der Waals surface area contributed by atoms with Crippen molar-refractivity contribution in [3.63, 3.8) is 0 Å². The van der Waals surface area contributed by atoms with E-state index in [9.17, 15) is 9.50 Å². The number of halogens is 1. The maximum Gasteiger partial charge on any atom is 0.132 e. The molecule has 0 amide bonds. The van der Waals surface area contributed by atoms with Gasteiger partial charge in [0.25, 0.3) is 0 Å². The molecule has 0 aliphatic carbocycles. The molecule has 1 aromatic heterocycles. The van der Waals surface area contributed by atoms with Gasteiger partial charge in [-0.15, -0.1) is 0 Å². The van der Waals surface area contributed by atoms with Crippen LogP contribution >= 0.6 is 0 Å². The van der Waals surface area contributed by atoms with Gasteiger partial charge in [0.05, 0.1) is 12.1 Å². The Hall–Kier alpha value is -2.30. The van der Waals surface area contributed by atoms with E-state index >= 15 is 0 Å². The first-order chi connectivity index (χ1) is 11.3. The second-order valence-electron chi connectivity index (χ2n) is 5.53. The van der Waals surface area contributed by atoms with Crippen LogP contribution in [0.15, 0.2) is 60.8 Å². The number of hydrogen-bond acceptors (Lipinski definition) is 3. The lowest BCUT2D eigenvalue weighted by molar-refractivity contribution is 0.184. The lowest BCUT2D eigenvalue weighted by Crippen LogP contribution is -2.26. The predicted molar refractivity (Wildman–Crippen MR) is 89.3 cm³/mol. The number of aromatic nitrogens is 1. The first kappa shape index (κ1) is 15.6. The number of rotatable bonds is 6. The zero-order valence-electron chi connectivity index (χ0n) is 12.8. The molecule has 3 aromatic rings. The van der Waals surface area contributed by atoms with Crippen LogP contribution in [-0.4, -0.2) is 28.1 Å². The van der Waals surface area contributed by atoms with E-state index in [1.54, 1.807) is 24.4 Å². The molecule has 4 heteroatoms. The van der Waals surface area contributed by atoms with Gasteiger partial charge in [-0.2, -0.15) is 0 Å². The average Bonchev–Trinajstić information content (AvgIpc) is 2.59. The van der Waals surface area contributed by atoms with Crippen molar-refractivity contribution >= 4 is 10.9 Å². The number of hydrogen-bond donors (Lipinski definition) is 1. The topological polar surface area (TPSA) is 36.4 Å². The van der Waals surface area contributed by atoms with Gasteiger partial charge in [0.15, 0.2) is 0 Å². The molecule has 0 spiro atoms. The largest absolute Gasteiger partial charge is 0.395 e. The Kier molecular flexibility index (Phi) is 4.95. The average molecular weight is 310 g/mol. The van der Waals surface area contributed by atoms with E-state index in [4.69, 9.17) is 0 Å². The Morgan fingerprint density at radius 2 is 1.78 bits per heavy atom. The van der Waals surface area contributed by atoms with E-state index in [0.717, 1.165) is 12.1 Å². The number of fused-ring (bicyclic) bond motifs is 1. The van der Waals surface area contributed by atoms with E-state index in [1.165, 1.54) is 11.6 Å². The van der Waals surface area contributed by atoms with E-state index in [-0.39, 0.29) is 12.4 Å². The van der Waals surface area contributed by atoms with Crippen LogP contribution in [0.5, 0.6) is 0 Å².